The first kappa shape index (κ1) is 24.8. The second-order valence-electron chi connectivity index (χ2n) is 8.20. The molecule has 33 heavy (non-hydrogen) atoms. The van der Waals surface area contributed by atoms with Crippen molar-refractivity contribution >= 4 is 35.2 Å². The standard InChI is InChI=1S/C25H31N3O4S/c1-17(25(31)32-2)33-22-6-4-3-5-21(22)24(30)27-20-9-7-18(8-10-20)11-14-28-15-12-19(13-16-28)23(26)29/h3-10,17,19H,11-16H2,1-2H3,(H2,26,29)(H,27,30). The van der Waals surface area contributed by atoms with Crippen LogP contribution in [0.25, 0.3) is 0 Å². The van der Waals surface area contributed by atoms with Gasteiger partial charge >= 0.3 is 5.97 Å². The maximum Gasteiger partial charge on any atom is 0.318 e. The van der Waals surface area contributed by atoms with Crippen molar-refractivity contribution in [1.82, 2.24) is 4.90 Å². The Kier molecular flexibility index (Phi) is 8.91. The van der Waals surface area contributed by atoms with Gasteiger partial charge in [-0.15, -0.1) is 11.8 Å². The van der Waals surface area contributed by atoms with Crippen molar-refractivity contribution in [3.05, 3.63) is 59.7 Å². The highest BCUT2D eigenvalue weighted by Crippen LogP contribution is 2.28. The van der Waals surface area contributed by atoms with Gasteiger partial charge in [-0.3, -0.25) is 14.4 Å². The molecule has 7 nitrogen and oxygen atoms in total. The Balaban J connectivity index is 1.53. The normalized spacial score (nSPS) is 15.6. The fraction of sp³-hybridized carbons (Fsp3) is 0.400. The van der Waals surface area contributed by atoms with Gasteiger partial charge in [0.05, 0.1) is 12.7 Å². The van der Waals surface area contributed by atoms with Crippen LogP contribution in [0, 0.1) is 5.92 Å². The molecule has 0 saturated carbocycles. The van der Waals surface area contributed by atoms with Crippen LogP contribution < -0.4 is 11.1 Å². The molecule has 0 aliphatic carbocycles. The first-order chi connectivity index (χ1) is 15.9. The van der Waals surface area contributed by atoms with E-state index in [1.807, 2.05) is 36.4 Å². The molecule has 0 spiro atoms. The molecular formula is C25H31N3O4S. The highest BCUT2D eigenvalue weighted by Gasteiger charge is 2.23. The van der Waals surface area contributed by atoms with Crippen LogP contribution in [0.4, 0.5) is 5.69 Å². The molecule has 0 radical (unpaired) electrons. The van der Waals surface area contributed by atoms with Crippen molar-refractivity contribution in [1.29, 1.82) is 0 Å². The summed E-state index contributed by atoms with van der Waals surface area (Å²) in [7, 11) is 1.35. The average Bonchev–Trinajstić information content (AvgIpc) is 2.83. The maximum atomic E-state index is 12.9. The summed E-state index contributed by atoms with van der Waals surface area (Å²) in [6.07, 6.45) is 2.57. The van der Waals surface area contributed by atoms with Crippen LogP contribution in [0.5, 0.6) is 0 Å². The van der Waals surface area contributed by atoms with E-state index >= 15 is 0 Å². The summed E-state index contributed by atoms with van der Waals surface area (Å²) in [4.78, 5) is 39.0. The van der Waals surface area contributed by atoms with Crippen LogP contribution in [-0.2, 0) is 20.7 Å². The molecule has 2 aromatic rings. The van der Waals surface area contributed by atoms with Crippen molar-refractivity contribution in [2.45, 2.75) is 36.3 Å². The van der Waals surface area contributed by atoms with Gasteiger partial charge < -0.3 is 20.7 Å². The lowest BCUT2D eigenvalue weighted by Gasteiger charge is -2.30. The number of thioether (sulfide) groups is 1. The highest BCUT2D eigenvalue weighted by atomic mass is 32.2. The number of primary amides is 1. The number of benzene rings is 2. The van der Waals surface area contributed by atoms with Gasteiger partial charge in [0.2, 0.25) is 5.91 Å². The van der Waals surface area contributed by atoms with Crippen molar-refractivity contribution in [3.8, 4) is 0 Å². The van der Waals surface area contributed by atoms with E-state index in [0.717, 1.165) is 43.8 Å². The van der Waals surface area contributed by atoms with Crippen molar-refractivity contribution in [2.75, 3.05) is 32.1 Å². The van der Waals surface area contributed by atoms with E-state index in [1.54, 1.807) is 19.1 Å². The average molecular weight is 470 g/mol. The van der Waals surface area contributed by atoms with E-state index in [-0.39, 0.29) is 23.7 Å². The Hall–Kier alpha value is -2.84. The Bertz CT molecular complexity index is 972. The minimum atomic E-state index is -0.412. The third-order valence-corrected chi connectivity index (χ3v) is 7.04. The zero-order chi connectivity index (χ0) is 23.8. The fourth-order valence-electron chi connectivity index (χ4n) is 3.84. The third-order valence-electron chi connectivity index (χ3n) is 5.89. The Morgan fingerprint density at radius 1 is 1.12 bits per heavy atom. The van der Waals surface area contributed by atoms with Crippen LogP contribution in [0.15, 0.2) is 53.4 Å². The van der Waals surface area contributed by atoms with E-state index in [1.165, 1.54) is 24.4 Å². The monoisotopic (exact) mass is 469 g/mol. The third kappa shape index (κ3) is 7.07. The first-order valence-electron chi connectivity index (χ1n) is 11.1. The van der Waals surface area contributed by atoms with Gasteiger partial charge in [0.15, 0.2) is 0 Å². The number of methoxy groups -OCH3 is 1. The summed E-state index contributed by atoms with van der Waals surface area (Å²) in [5.74, 6) is -0.730. The summed E-state index contributed by atoms with van der Waals surface area (Å²) < 4.78 is 4.78. The van der Waals surface area contributed by atoms with E-state index in [9.17, 15) is 14.4 Å². The van der Waals surface area contributed by atoms with E-state index in [4.69, 9.17) is 10.5 Å². The molecule has 0 aromatic heterocycles. The SMILES string of the molecule is COC(=O)C(C)Sc1ccccc1C(=O)Nc1ccc(CCN2CCC(C(N)=O)CC2)cc1. The Morgan fingerprint density at radius 2 is 1.79 bits per heavy atom. The molecular weight excluding hydrogens is 438 g/mol. The number of nitrogens with one attached hydrogen (secondary N) is 1. The van der Waals surface area contributed by atoms with Crippen LogP contribution in [-0.4, -0.2) is 54.7 Å². The predicted octanol–water partition coefficient (Wildman–Crippen LogP) is 3.33. The van der Waals surface area contributed by atoms with E-state index in [0.29, 0.717) is 11.3 Å². The van der Waals surface area contributed by atoms with Crippen LogP contribution in [0.3, 0.4) is 0 Å². The molecule has 1 aliphatic rings. The van der Waals surface area contributed by atoms with Gasteiger partial charge in [-0.1, -0.05) is 24.3 Å². The molecule has 1 heterocycles. The molecule has 2 aromatic carbocycles. The van der Waals surface area contributed by atoms with Gasteiger partial charge in [-0.05, 0) is 69.1 Å². The molecule has 1 saturated heterocycles. The smallest absolute Gasteiger partial charge is 0.318 e. The second-order valence-corrected chi connectivity index (χ2v) is 9.58. The summed E-state index contributed by atoms with van der Waals surface area (Å²) in [6, 6.07) is 15.1. The molecule has 176 valence electrons. The second kappa shape index (κ2) is 11.9. The number of amides is 2. The van der Waals surface area contributed by atoms with Crippen molar-refractivity contribution in [3.63, 3.8) is 0 Å². The summed E-state index contributed by atoms with van der Waals surface area (Å²) >= 11 is 1.30. The molecule has 3 rings (SSSR count). The summed E-state index contributed by atoms with van der Waals surface area (Å²) in [5.41, 5.74) is 7.82. The number of piperidine rings is 1. The number of ether oxygens (including phenoxy) is 1. The number of likely N-dealkylation sites (tertiary alicyclic amines) is 1. The van der Waals surface area contributed by atoms with Gasteiger partial charge in [-0.2, -0.15) is 0 Å². The molecule has 3 N–H and O–H groups in total. The number of carbonyl (C=O) groups excluding carboxylic acids is 3. The van der Waals surface area contributed by atoms with Crippen molar-refractivity contribution < 1.29 is 19.1 Å². The van der Waals surface area contributed by atoms with E-state index in [2.05, 4.69) is 10.2 Å². The summed E-state index contributed by atoms with van der Waals surface area (Å²) in [6.45, 7) is 4.48. The van der Waals surface area contributed by atoms with Crippen LogP contribution >= 0.6 is 11.8 Å². The topological polar surface area (TPSA) is 102 Å². The number of nitrogens with zero attached hydrogens (tertiary/aromatic N) is 1. The molecule has 2 amide bonds. The van der Waals surface area contributed by atoms with Crippen LogP contribution in [0.1, 0.15) is 35.7 Å². The number of nitrogens with two attached hydrogens (primary N) is 1. The molecule has 1 fully saturated rings. The Morgan fingerprint density at radius 3 is 2.42 bits per heavy atom. The zero-order valence-corrected chi connectivity index (χ0v) is 19.9. The number of hydrogen-bond donors (Lipinski definition) is 2. The van der Waals surface area contributed by atoms with Crippen LogP contribution in [0.2, 0.25) is 0 Å². The number of rotatable bonds is 9. The molecule has 0 bridgehead atoms. The molecule has 8 heteroatoms. The molecule has 1 unspecified atom stereocenters. The summed E-state index contributed by atoms with van der Waals surface area (Å²) in [5, 5.41) is 2.53. The zero-order valence-electron chi connectivity index (χ0n) is 19.1. The quantitative estimate of drug-likeness (QED) is 0.431. The van der Waals surface area contributed by atoms with Gasteiger partial charge in [0.25, 0.3) is 5.91 Å². The number of hydrogen-bond acceptors (Lipinski definition) is 6. The highest BCUT2D eigenvalue weighted by molar-refractivity contribution is 8.00. The predicted molar refractivity (Wildman–Crippen MR) is 130 cm³/mol. The van der Waals surface area contributed by atoms with Gasteiger partial charge in [-0.25, -0.2) is 0 Å². The fourth-order valence-corrected chi connectivity index (χ4v) is 4.86. The first-order valence-corrected chi connectivity index (χ1v) is 12.0. The minimum absolute atomic E-state index is 0.0105. The minimum Gasteiger partial charge on any atom is -0.468 e. The largest absolute Gasteiger partial charge is 0.468 e. The number of carbonyl (C=O) groups is 3. The molecule has 1 atom stereocenters. The number of anilines is 1. The maximum absolute atomic E-state index is 12.9. The van der Waals surface area contributed by atoms with Crippen molar-refractivity contribution in [2.24, 2.45) is 11.7 Å². The van der Waals surface area contributed by atoms with Gasteiger partial charge in [0.1, 0.15) is 5.25 Å². The van der Waals surface area contributed by atoms with E-state index < -0.39 is 5.25 Å². The number of esters is 1. The lowest BCUT2D eigenvalue weighted by Crippen LogP contribution is -2.39. The lowest BCUT2D eigenvalue weighted by molar-refractivity contribution is -0.139. The Labute approximate surface area is 199 Å². The lowest BCUT2D eigenvalue weighted by atomic mass is 9.96. The van der Waals surface area contributed by atoms with Gasteiger partial charge in [0, 0.05) is 23.0 Å². The molecule has 1 aliphatic heterocycles.